The van der Waals surface area contributed by atoms with Gasteiger partial charge in [-0.05, 0) is 51.7 Å². The first-order valence-corrected chi connectivity index (χ1v) is 8.45. The first-order chi connectivity index (χ1) is 12.2. The predicted octanol–water partition coefficient (Wildman–Crippen LogP) is 5.92. The molecule has 0 aliphatic heterocycles. The molecule has 0 unspecified atom stereocenters. The second kappa shape index (κ2) is 8.03. The van der Waals surface area contributed by atoms with E-state index in [2.05, 4.69) is 0 Å². The maximum atomic E-state index is 13.9. The summed E-state index contributed by atoms with van der Waals surface area (Å²) in [7, 11) is 0. The van der Waals surface area contributed by atoms with Gasteiger partial charge in [0.05, 0.1) is 12.2 Å². The van der Waals surface area contributed by atoms with Gasteiger partial charge in [-0.3, -0.25) is 0 Å². The number of allylic oxidation sites excluding steroid dienone is 1. The molecule has 0 bridgehead atoms. The van der Waals surface area contributed by atoms with Gasteiger partial charge in [-0.1, -0.05) is 42.5 Å². The molecule has 2 nitrogen and oxygen atoms in total. The van der Waals surface area contributed by atoms with Gasteiger partial charge in [0, 0.05) is 6.08 Å². The van der Waals surface area contributed by atoms with Gasteiger partial charge in [0.2, 0.25) is 0 Å². The Hall–Kier alpha value is -2.15. The van der Waals surface area contributed by atoms with E-state index in [1.165, 1.54) is 36.4 Å². The molecule has 0 aliphatic carbocycles. The fraction of sp³-hybridized carbons (Fsp3) is 0.211. The third-order valence-electron chi connectivity index (χ3n) is 3.50. The van der Waals surface area contributed by atoms with Gasteiger partial charge in [-0.15, -0.1) is 0 Å². The number of ether oxygens (including phenoxy) is 1. The zero-order chi connectivity index (χ0) is 19.4. The Morgan fingerprint density at radius 2 is 1.46 bits per heavy atom. The van der Waals surface area contributed by atoms with Gasteiger partial charge in [0.25, 0.3) is 0 Å². The van der Waals surface area contributed by atoms with Crippen LogP contribution in [0.5, 0.6) is 0 Å². The average molecular weight is 431 g/mol. The molecule has 2 aromatic carbocycles. The molecule has 0 amide bonds. The number of halogens is 5. The molecule has 2 aromatic rings. The van der Waals surface area contributed by atoms with Gasteiger partial charge in [-0.2, -0.15) is 17.6 Å². The van der Waals surface area contributed by atoms with Crippen LogP contribution in [-0.2, 0) is 4.74 Å². The molecule has 2 rings (SSSR count). The number of carbonyl (C=O) groups is 1. The summed E-state index contributed by atoms with van der Waals surface area (Å²) >= 11 is 1.73. The van der Waals surface area contributed by atoms with Crippen molar-refractivity contribution >= 4 is 27.5 Å². The van der Waals surface area contributed by atoms with E-state index < -0.39 is 16.7 Å². The minimum atomic E-state index is -4.42. The quantitative estimate of drug-likeness (QED) is 0.323. The smallest absolute Gasteiger partial charge is 0.367 e. The van der Waals surface area contributed by atoms with Crippen molar-refractivity contribution in [2.24, 2.45) is 0 Å². The molecule has 0 radical (unpaired) electrons. The molecule has 0 saturated carbocycles. The second-order valence-corrected chi connectivity index (χ2v) is 6.34. The fourth-order valence-electron chi connectivity index (χ4n) is 2.21. The number of hydrogen-bond acceptors (Lipinski definition) is 2. The van der Waals surface area contributed by atoms with E-state index >= 15 is 0 Å². The standard InChI is InChI=1S/C19H15BrF4O2/c1-2-26-17(25)15-10-8-14(9-11-15)16(13-6-4-3-5-7-13)12-18(21,22)19(20,23)24/h3-12H,2H2,1H3/b16-12-. The number of carbonyl (C=O) groups excluding carboxylic acids is 1. The predicted molar refractivity (Wildman–Crippen MR) is 94.7 cm³/mol. The van der Waals surface area contributed by atoms with Crippen LogP contribution in [0.25, 0.3) is 5.57 Å². The Morgan fingerprint density at radius 1 is 0.962 bits per heavy atom. The minimum absolute atomic E-state index is 0.0786. The zero-order valence-electron chi connectivity index (χ0n) is 13.7. The molecule has 0 saturated heterocycles. The monoisotopic (exact) mass is 430 g/mol. The summed E-state index contributed by atoms with van der Waals surface area (Å²) in [5, 5.41) is 0. The van der Waals surface area contributed by atoms with Crippen molar-refractivity contribution in [3.8, 4) is 0 Å². The molecule has 0 atom stereocenters. The normalized spacial score (nSPS) is 12.8. The number of hydrogen-bond donors (Lipinski definition) is 0. The summed E-state index contributed by atoms with van der Waals surface area (Å²) in [4.78, 5) is 7.30. The summed E-state index contributed by atoms with van der Waals surface area (Å²) in [6.45, 7) is 1.85. The van der Waals surface area contributed by atoms with Crippen LogP contribution in [-0.4, -0.2) is 23.3 Å². The van der Waals surface area contributed by atoms with Crippen LogP contribution in [0.15, 0.2) is 60.7 Å². The highest BCUT2D eigenvalue weighted by Crippen LogP contribution is 2.42. The lowest BCUT2D eigenvalue weighted by atomic mass is 9.95. The van der Waals surface area contributed by atoms with Crippen molar-refractivity contribution in [1.82, 2.24) is 0 Å². The lowest BCUT2D eigenvalue weighted by molar-refractivity contribution is -0.110. The molecule has 0 aliphatic rings. The number of alkyl halides is 5. The summed E-state index contributed by atoms with van der Waals surface area (Å²) in [5.41, 5.74) is 0.763. The highest BCUT2D eigenvalue weighted by atomic mass is 79.9. The van der Waals surface area contributed by atoms with Crippen LogP contribution in [0.3, 0.4) is 0 Å². The maximum absolute atomic E-state index is 13.9. The molecule has 0 fully saturated rings. The summed E-state index contributed by atoms with van der Waals surface area (Å²) < 4.78 is 59.1. The molecule has 0 aromatic heterocycles. The van der Waals surface area contributed by atoms with Gasteiger partial charge in [0.1, 0.15) is 0 Å². The highest BCUT2D eigenvalue weighted by molar-refractivity contribution is 9.10. The Bertz CT molecular complexity index is 781. The Labute approximate surface area is 156 Å². The molecule has 26 heavy (non-hydrogen) atoms. The molecule has 138 valence electrons. The molecule has 0 spiro atoms. The van der Waals surface area contributed by atoms with Crippen LogP contribution in [0, 0.1) is 0 Å². The number of benzene rings is 2. The van der Waals surface area contributed by atoms with Gasteiger partial charge in [0.15, 0.2) is 0 Å². The molecular formula is C19H15BrF4O2. The zero-order valence-corrected chi connectivity index (χ0v) is 15.3. The van der Waals surface area contributed by atoms with E-state index in [4.69, 9.17) is 4.74 Å². The first kappa shape index (κ1) is 20.2. The SMILES string of the molecule is CCOC(=O)c1ccc(/C(=C\C(F)(F)C(F)(F)Br)c2ccccc2)cc1. The Balaban J connectivity index is 2.51. The topological polar surface area (TPSA) is 26.3 Å². The Kier molecular flexibility index (Phi) is 6.23. The van der Waals surface area contributed by atoms with Crippen molar-refractivity contribution in [1.29, 1.82) is 0 Å². The third kappa shape index (κ3) is 4.72. The van der Waals surface area contributed by atoms with Gasteiger partial charge < -0.3 is 4.74 Å². The van der Waals surface area contributed by atoms with Gasteiger partial charge in [-0.25, -0.2) is 4.79 Å². The fourth-order valence-corrected chi connectivity index (χ4v) is 2.33. The third-order valence-corrected chi connectivity index (χ3v) is 4.02. The number of esters is 1. The highest BCUT2D eigenvalue weighted by Gasteiger charge is 2.52. The molecular weight excluding hydrogens is 416 g/mol. The van der Waals surface area contributed by atoms with Crippen molar-refractivity contribution in [2.45, 2.75) is 17.7 Å². The second-order valence-electron chi connectivity index (χ2n) is 5.34. The largest absolute Gasteiger partial charge is 0.462 e. The van der Waals surface area contributed by atoms with E-state index in [1.807, 2.05) is 0 Å². The van der Waals surface area contributed by atoms with E-state index in [0.29, 0.717) is 5.56 Å². The Morgan fingerprint density at radius 3 is 1.96 bits per heavy atom. The lowest BCUT2D eigenvalue weighted by Crippen LogP contribution is -2.33. The van der Waals surface area contributed by atoms with Crippen LogP contribution >= 0.6 is 15.9 Å². The van der Waals surface area contributed by atoms with Gasteiger partial charge >= 0.3 is 16.7 Å². The first-order valence-electron chi connectivity index (χ1n) is 7.66. The average Bonchev–Trinajstić information content (AvgIpc) is 2.60. The van der Waals surface area contributed by atoms with E-state index in [9.17, 15) is 22.4 Å². The molecule has 0 heterocycles. The maximum Gasteiger partial charge on any atom is 0.367 e. The van der Waals surface area contributed by atoms with E-state index in [0.717, 1.165) is 0 Å². The lowest BCUT2D eigenvalue weighted by Gasteiger charge is -2.20. The summed E-state index contributed by atoms with van der Waals surface area (Å²) in [5.74, 6) is -4.97. The summed E-state index contributed by atoms with van der Waals surface area (Å²) in [6, 6.07) is 13.6. The molecule has 0 N–H and O–H groups in total. The van der Waals surface area contributed by atoms with E-state index in [-0.39, 0.29) is 29.4 Å². The summed E-state index contributed by atoms with van der Waals surface area (Å²) in [6.07, 6.45) is 0.219. The van der Waals surface area contributed by atoms with E-state index in [1.54, 1.807) is 41.1 Å². The van der Waals surface area contributed by atoms with Crippen LogP contribution in [0.4, 0.5) is 17.6 Å². The van der Waals surface area contributed by atoms with Crippen molar-refractivity contribution in [3.05, 3.63) is 77.4 Å². The minimum Gasteiger partial charge on any atom is -0.462 e. The number of rotatable bonds is 6. The van der Waals surface area contributed by atoms with Crippen molar-refractivity contribution in [2.75, 3.05) is 6.61 Å². The van der Waals surface area contributed by atoms with Crippen LogP contribution in [0.1, 0.15) is 28.4 Å². The van der Waals surface area contributed by atoms with Crippen LogP contribution < -0.4 is 0 Å². The van der Waals surface area contributed by atoms with Crippen molar-refractivity contribution in [3.63, 3.8) is 0 Å². The van der Waals surface area contributed by atoms with Crippen molar-refractivity contribution < 1.29 is 27.1 Å². The van der Waals surface area contributed by atoms with Crippen LogP contribution in [0.2, 0.25) is 0 Å². The molecule has 7 heteroatoms.